The van der Waals surface area contributed by atoms with E-state index in [0.717, 1.165) is 18.3 Å². The Morgan fingerprint density at radius 1 is 1.37 bits per heavy atom. The highest BCUT2D eigenvalue weighted by molar-refractivity contribution is 6.32. The number of aromatic nitrogens is 2. The molecule has 0 saturated carbocycles. The first-order valence-corrected chi connectivity index (χ1v) is 5.53. The first kappa shape index (κ1) is 13.4. The molecule has 1 aromatic carbocycles. The van der Waals surface area contributed by atoms with Crippen LogP contribution in [0.2, 0.25) is 10.3 Å². The SMILES string of the molecule is O=[N+]([O-])c1cnc(Cl)nc1Oc1ccc(F)cc1Cl. The average Bonchev–Trinajstić information content (AvgIpc) is 2.32. The summed E-state index contributed by atoms with van der Waals surface area (Å²) in [4.78, 5) is 17.1. The fourth-order valence-corrected chi connectivity index (χ4v) is 1.53. The van der Waals surface area contributed by atoms with Crippen molar-refractivity contribution < 1.29 is 14.1 Å². The van der Waals surface area contributed by atoms with Gasteiger partial charge in [0.2, 0.25) is 5.28 Å². The molecule has 0 saturated heterocycles. The number of nitro groups is 1. The summed E-state index contributed by atoms with van der Waals surface area (Å²) in [6.07, 6.45) is 0.905. The van der Waals surface area contributed by atoms with E-state index in [0.29, 0.717) is 0 Å². The summed E-state index contributed by atoms with van der Waals surface area (Å²) in [5.41, 5.74) is -0.482. The predicted octanol–water partition coefficient (Wildman–Crippen LogP) is 3.62. The molecule has 9 heteroatoms. The number of halogens is 3. The Hall–Kier alpha value is -1.99. The zero-order chi connectivity index (χ0) is 14.0. The van der Waals surface area contributed by atoms with Gasteiger partial charge in [0.1, 0.15) is 17.8 Å². The lowest BCUT2D eigenvalue weighted by atomic mass is 10.3. The molecule has 0 aliphatic rings. The molecule has 2 aromatic rings. The molecule has 0 aliphatic heterocycles. The predicted molar refractivity (Wildman–Crippen MR) is 65.2 cm³/mol. The minimum Gasteiger partial charge on any atom is -0.432 e. The van der Waals surface area contributed by atoms with Crippen LogP contribution in [0.3, 0.4) is 0 Å². The van der Waals surface area contributed by atoms with Crippen LogP contribution in [0.5, 0.6) is 11.6 Å². The van der Waals surface area contributed by atoms with Gasteiger partial charge in [-0.1, -0.05) is 11.6 Å². The van der Waals surface area contributed by atoms with Crippen molar-refractivity contribution in [3.8, 4) is 11.6 Å². The summed E-state index contributed by atoms with van der Waals surface area (Å²) in [5, 5.41) is 10.5. The van der Waals surface area contributed by atoms with Crippen molar-refractivity contribution in [3.05, 3.63) is 50.6 Å². The summed E-state index contributed by atoms with van der Waals surface area (Å²) in [6.45, 7) is 0. The molecule has 0 bridgehead atoms. The standard InChI is InChI=1S/C10H4Cl2FN3O3/c11-6-3-5(13)1-2-8(6)19-9-7(16(17)18)4-14-10(12)15-9/h1-4H. The van der Waals surface area contributed by atoms with E-state index in [2.05, 4.69) is 9.97 Å². The van der Waals surface area contributed by atoms with Crippen LogP contribution in [-0.2, 0) is 0 Å². The van der Waals surface area contributed by atoms with Crippen molar-refractivity contribution >= 4 is 28.9 Å². The first-order chi connectivity index (χ1) is 8.97. The van der Waals surface area contributed by atoms with Crippen LogP contribution in [0.4, 0.5) is 10.1 Å². The molecule has 1 aromatic heterocycles. The molecule has 98 valence electrons. The monoisotopic (exact) mass is 303 g/mol. The van der Waals surface area contributed by atoms with Gasteiger partial charge >= 0.3 is 11.6 Å². The largest absolute Gasteiger partial charge is 0.432 e. The maximum absolute atomic E-state index is 12.9. The number of ether oxygens (including phenoxy) is 1. The maximum atomic E-state index is 12.9. The first-order valence-electron chi connectivity index (χ1n) is 4.77. The maximum Gasteiger partial charge on any atom is 0.349 e. The van der Waals surface area contributed by atoms with E-state index in [1.807, 2.05) is 0 Å². The molecule has 0 N–H and O–H groups in total. The molecule has 0 aliphatic carbocycles. The second-order valence-corrected chi connectivity index (χ2v) is 4.01. The third-order valence-corrected chi connectivity index (χ3v) is 2.48. The van der Waals surface area contributed by atoms with Gasteiger partial charge in [-0.15, -0.1) is 0 Å². The Bertz CT molecular complexity index is 654. The Labute approximate surface area is 115 Å². The molecule has 0 amide bonds. The van der Waals surface area contributed by atoms with Gasteiger partial charge in [0.15, 0.2) is 0 Å². The Morgan fingerprint density at radius 2 is 2.11 bits per heavy atom. The number of rotatable bonds is 3. The van der Waals surface area contributed by atoms with Crippen LogP contribution >= 0.6 is 23.2 Å². The molecule has 0 unspecified atom stereocenters. The molecule has 1 heterocycles. The van der Waals surface area contributed by atoms with Gasteiger partial charge in [-0.25, -0.2) is 9.37 Å². The molecule has 0 spiro atoms. The summed E-state index contributed by atoms with van der Waals surface area (Å²) in [7, 11) is 0. The second-order valence-electron chi connectivity index (χ2n) is 3.26. The fraction of sp³-hybridized carbons (Fsp3) is 0. The summed E-state index contributed by atoms with van der Waals surface area (Å²) < 4.78 is 18.0. The van der Waals surface area contributed by atoms with E-state index in [-0.39, 0.29) is 21.9 Å². The molecule has 0 radical (unpaired) electrons. The van der Waals surface area contributed by atoms with Gasteiger partial charge < -0.3 is 4.74 Å². The van der Waals surface area contributed by atoms with E-state index in [9.17, 15) is 14.5 Å². The minimum atomic E-state index is -0.733. The van der Waals surface area contributed by atoms with E-state index in [1.54, 1.807) is 0 Å². The second kappa shape index (κ2) is 5.33. The van der Waals surface area contributed by atoms with E-state index >= 15 is 0 Å². The summed E-state index contributed by atoms with van der Waals surface area (Å²) >= 11 is 11.3. The van der Waals surface area contributed by atoms with E-state index < -0.39 is 16.4 Å². The smallest absolute Gasteiger partial charge is 0.349 e. The quantitative estimate of drug-likeness (QED) is 0.491. The highest BCUT2D eigenvalue weighted by Gasteiger charge is 2.20. The Balaban J connectivity index is 2.42. The van der Waals surface area contributed by atoms with Crippen molar-refractivity contribution in [3.63, 3.8) is 0 Å². The van der Waals surface area contributed by atoms with Gasteiger partial charge in [0.25, 0.3) is 0 Å². The van der Waals surface area contributed by atoms with Gasteiger partial charge in [-0.05, 0) is 29.8 Å². The van der Waals surface area contributed by atoms with Crippen molar-refractivity contribution in [2.75, 3.05) is 0 Å². The lowest BCUT2D eigenvalue weighted by Crippen LogP contribution is -1.98. The number of hydrogen-bond acceptors (Lipinski definition) is 5. The van der Waals surface area contributed by atoms with Gasteiger partial charge in [0.05, 0.1) is 9.95 Å². The van der Waals surface area contributed by atoms with Crippen molar-refractivity contribution in [2.24, 2.45) is 0 Å². The van der Waals surface area contributed by atoms with Crippen LogP contribution in [0.1, 0.15) is 0 Å². The molecule has 19 heavy (non-hydrogen) atoms. The van der Waals surface area contributed by atoms with Gasteiger partial charge in [0, 0.05) is 0 Å². The van der Waals surface area contributed by atoms with Crippen LogP contribution < -0.4 is 4.74 Å². The van der Waals surface area contributed by atoms with Crippen LogP contribution in [0.25, 0.3) is 0 Å². The highest BCUT2D eigenvalue weighted by Crippen LogP contribution is 2.33. The zero-order valence-electron chi connectivity index (χ0n) is 9.01. The van der Waals surface area contributed by atoms with Crippen LogP contribution in [0.15, 0.2) is 24.4 Å². The lowest BCUT2D eigenvalue weighted by molar-refractivity contribution is -0.386. The lowest BCUT2D eigenvalue weighted by Gasteiger charge is -2.06. The zero-order valence-corrected chi connectivity index (χ0v) is 10.5. The van der Waals surface area contributed by atoms with Gasteiger partial charge in [-0.3, -0.25) is 10.1 Å². The highest BCUT2D eigenvalue weighted by atomic mass is 35.5. The van der Waals surface area contributed by atoms with Crippen molar-refractivity contribution in [1.29, 1.82) is 0 Å². The number of nitrogens with zero attached hydrogens (tertiary/aromatic N) is 3. The summed E-state index contributed by atoms with van der Waals surface area (Å²) in [6, 6.07) is 3.32. The van der Waals surface area contributed by atoms with Gasteiger partial charge in [-0.2, -0.15) is 4.98 Å². The molecular weight excluding hydrogens is 300 g/mol. The van der Waals surface area contributed by atoms with E-state index in [4.69, 9.17) is 27.9 Å². The summed E-state index contributed by atoms with van der Waals surface area (Å²) in [5.74, 6) is -0.924. The number of benzene rings is 1. The molecule has 2 rings (SSSR count). The normalized spacial score (nSPS) is 10.3. The third-order valence-electron chi connectivity index (χ3n) is 2.00. The Morgan fingerprint density at radius 3 is 2.74 bits per heavy atom. The molecular formula is C10H4Cl2FN3O3. The fourth-order valence-electron chi connectivity index (χ4n) is 1.20. The van der Waals surface area contributed by atoms with Crippen molar-refractivity contribution in [1.82, 2.24) is 9.97 Å². The van der Waals surface area contributed by atoms with Crippen LogP contribution in [-0.4, -0.2) is 14.9 Å². The third kappa shape index (κ3) is 3.07. The van der Waals surface area contributed by atoms with E-state index in [1.165, 1.54) is 6.07 Å². The molecule has 0 atom stereocenters. The Kier molecular flexibility index (Phi) is 3.77. The molecule has 6 nitrogen and oxygen atoms in total. The topological polar surface area (TPSA) is 78.2 Å². The average molecular weight is 304 g/mol. The van der Waals surface area contributed by atoms with Crippen molar-refractivity contribution in [2.45, 2.75) is 0 Å². The number of hydrogen-bond donors (Lipinski definition) is 0. The molecule has 0 fully saturated rings. The van der Waals surface area contributed by atoms with Crippen LogP contribution in [0, 0.1) is 15.9 Å². The minimum absolute atomic E-state index is 0.0148.